The number of aryl methyl sites for hydroxylation is 1. The van der Waals surface area contributed by atoms with Gasteiger partial charge in [-0.1, -0.05) is 49.4 Å². The van der Waals surface area contributed by atoms with Crippen LogP contribution < -0.4 is 10.6 Å². The summed E-state index contributed by atoms with van der Waals surface area (Å²) in [5, 5.41) is 14.5. The lowest BCUT2D eigenvalue weighted by molar-refractivity contribution is 1.14. The van der Waals surface area contributed by atoms with E-state index in [1.807, 2.05) is 30.3 Å². The van der Waals surface area contributed by atoms with Crippen molar-refractivity contribution in [2.45, 2.75) is 19.8 Å². The largest absolute Gasteiger partial charge is 0.326 e. The number of rotatable bonds is 3. The molecule has 2 aromatic carbocycles. The van der Waals surface area contributed by atoms with E-state index in [4.69, 9.17) is 5.41 Å². The van der Waals surface area contributed by atoms with Crippen molar-refractivity contribution in [1.29, 1.82) is 5.41 Å². The van der Waals surface area contributed by atoms with Crippen molar-refractivity contribution in [3.63, 3.8) is 0 Å². The van der Waals surface area contributed by atoms with Crippen LogP contribution in [0.2, 0.25) is 0 Å². The molecule has 2 aromatic rings. The van der Waals surface area contributed by atoms with Gasteiger partial charge >= 0.3 is 0 Å². The second-order valence-electron chi connectivity index (χ2n) is 5.12. The molecule has 0 aromatic heterocycles. The zero-order chi connectivity index (χ0) is 14.7. The molecule has 0 spiro atoms. The van der Waals surface area contributed by atoms with Crippen molar-refractivity contribution in [2.75, 3.05) is 10.6 Å². The number of hydrogen-bond donors (Lipinski definition) is 3. The minimum atomic E-state index is 0.296. The van der Waals surface area contributed by atoms with E-state index in [-0.39, 0.29) is 0 Å². The SMILES string of the molecule is CCc1ccccc1NC(=N)Nc1cccc2c1C=CC2. The van der Waals surface area contributed by atoms with Gasteiger partial charge in [-0.05, 0) is 36.1 Å². The summed E-state index contributed by atoms with van der Waals surface area (Å²) in [6, 6.07) is 14.3. The van der Waals surface area contributed by atoms with Gasteiger partial charge in [-0.2, -0.15) is 0 Å². The van der Waals surface area contributed by atoms with E-state index in [0.717, 1.165) is 24.2 Å². The molecule has 3 heteroatoms. The maximum absolute atomic E-state index is 8.15. The Labute approximate surface area is 125 Å². The van der Waals surface area contributed by atoms with Crippen molar-refractivity contribution in [3.05, 3.63) is 65.2 Å². The number of guanidine groups is 1. The lowest BCUT2D eigenvalue weighted by Crippen LogP contribution is -2.21. The van der Waals surface area contributed by atoms with Gasteiger partial charge in [-0.3, -0.25) is 5.41 Å². The van der Waals surface area contributed by atoms with Crippen molar-refractivity contribution in [2.24, 2.45) is 0 Å². The average Bonchev–Trinajstić information content (AvgIpc) is 2.97. The van der Waals surface area contributed by atoms with E-state index in [1.54, 1.807) is 0 Å². The molecule has 21 heavy (non-hydrogen) atoms. The Morgan fingerprint density at radius 3 is 2.67 bits per heavy atom. The normalized spacial score (nSPS) is 12.0. The number of allylic oxidation sites excluding steroid dienone is 1. The van der Waals surface area contributed by atoms with Gasteiger partial charge in [-0.25, -0.2) is 0 Å². The Hall–Kier alpha value is -2.55. The Morgan fingerprint density at radius 1 is 1.05 bits per heavy atom. The number of nitrogens with one attached hydrogen (secondary N) is 3. The van der Waals surface area contributed by atoms with E-state index >= 15 is 0 Å². The molecule has 0 amide bonds. The van der Waals surface area contributed by atoms with Crippen LogP contribution in [0.5, 0.6) is 0 Å². The first kappa shape index (κ1) is 13.4. The van der Waals surface area contributed by atoms with Crippen LogP contribution in [0.3, 0.4) is 0 Å². The third kappa shape index (κ3) is 2.82. The highest BCUT2D eigenvalue weighted by atomic mass is 15.1. The molecular weight excluding hydrogens is 258 g/mol. The summed E-state index contributed by atoms with van der Waals surface area (Å²) in [6.07, 6.45) is 6.19. The topological polar surface area (TPSA) is 47.9 Å². The van der Waals surface area contributed by atoms with Crippen LogP contribution in [0.1, 0.15) is 23.6 Å². The predicted molar refractivity (Wildman–Crippen MR) is 90.0 cm³/mol. The smallest absolute Gasteiger partial charge is 0.197 e. The van der Waals surface area contributed by atoms with Gasteiger partial charge in [0, 0.05) is 16.9 Å². The lowest BCUT2D eigenvalue weighted by Gasteiger charge is -2.15. The summed E-state index contributed by atoms with van der Waals surface area (Å²) in [5.41, 5.74) is 5.67. The molecule has 0 heterocycles. The van der Waals surface area contributed by atoms with Gasteiger partial charge in [-0.15, -0.1) is 0 Å². The predicted octanol–water partition coefficient (Wildman–Crippen LogP) is 4.28. The first-order chi connectivity index (χ1) is 10.3. The molecule has 0 saturated heterocycles. The number of fused-ring (bicyclic) bond motifs is 1. The van der Waals surface area contributed by atoms with Crippen molar-refractivity contribution < 1.29 is 0 Å². The fourth-order valence-electron chi connectivity index (χ4n) is 2.65. The lowest BCUT2D eigenvalue weighted by atomic mass is 10.1. The summed E-state index contributed by atoms with van der Waals surface area (Å²) in [6.45, 7) is 2.12. The Morgan fingerprint density at radius 2 is 1.81 bits per heavy atom. The summed E-state index contributed by atoms with van der Waals surface area (Å²) in [4.78, 5) is 0. The molecule has 0 unspecified atom stereocenters. The third-order valence-electron chi connectivity index (χ3n) is 3.74. The van der Waals surface area contributed by atoms with Crippen LogP contribution >= 0.6 is 0 Å². The molecule has 0 aliphatic heterocycles. The van der Waals surface area contributed by atoms with Crippen LogP contribution in [0.15, 0.2) is 48.5 Å². The fraction of sp³-hybridized carbons (Fsp3) is 0.167. The van der Waals surface area contributed by atoms with Crippen LogP contribution in [-0.4, -0.2) is 5.96 Å². The van der Waals surface area contributed by atoms with Gasteiger partial charge < -0.3 is 10.6 Å². The first-order valence-corrected chi connectivity index (χ1v) is 7.27. The molecule has 0 fully saturated rings. The summed E-state index contributed by atoms with van der Waals surface area (Å²) in [7, 11) is 0. The average molecular weight is 277 g/mol. The van der Waals surface area contributed by atoms with Gasteiger partial charge in [0.05, 0.1) is 0 Å². The van der Waals surface area contributed by atoms with E-state index in [0.29, 0.717) is 5.96 Å². The van der Waals surface area contributed by atoms with E-state index in [2.05, 4.69) is 41.8 Å². The molecule has 1 aliphatic carbocycles. The third-order valence-corrected chi connectivity index (χ3v) is 3.74. The molecular formula is C18H19N3. The number of hydrogen-bond acceptors (Lipinski definition) is 1. The molecule has 3 nitrogen and oxygen atoms in total. The molecule has 0 saturated carbocycles. The minimum Gasteiger partial charge on any atom is -0.326 e. The molecule has 0 atom stereocenters. The van der Waals surface area contributed by atoms with E-state index < -0.39 is 0 Å². The van der Waals surface area contributed by atoms with Crippen LogP contribution in [0.25, 0.3) is 6.08 Å². The number of benzene rings is 2. The Kier molecular flexibility index (Phi) is 3.73. The van der Waals surface area contributed by atoms with E-state index in [9.17, 15) is 0 Å². The van der Waals surface area contributed by atoms with Crippen molar-refractivity contribution in [3.8, 4) is 0 Å². The second kappa shape index (κ2) is 5.83. The summed E-state index contributed by atoms with van der Waals surface area (Å²) >= 11 is 0. The summed E-state index contributed by atoms with van der Waals surface area (Å²) in [5.74, 6) is 0.296. The second-order valence-corrected chi connectivity index (χ2v) is 5.12. The monoisotopic (exact) mass is 277 g/mol. The highest BCUT2D eigenvalue weighted by molar-refractivity contribution is 6.03. The molecule has 0 radical (unpaired) electrons. The van der Waals surface area contributed by atoms with Crippen LogP contribution in [-0.2, 0) is 12.8 Å². The number of anilines is 2. The fourth-order valence-corrected chi connectivity index (χ4v) is 2.65. The zero-order valence-electron chi connectivity index (χ0n) is 12.1. The van der Waals surface area contributed by atoms with E-state index in [1.165, 1.54) is 16.7 Å². The quantitative estimate of drug-likeness (QED) is 0.579. The molecule has 1 aliphatic rings. The highest BCUT2D eigenvalue weighted by Gasteiger charge is 2.10. The summed E-state index contributed by atoms with van der Waals surface area (Å²) < 4.78 is 0. The van der Waals surface area contributed by atoms with Crippen molar-refractivity contribution >= 4 is 23.4 Å². The molecule has 3 rings (SSSR count). The van der Waals surface area contributed by atoms with Crippen LogP contribution in [0, 0.1) is 5.41 Å². The van der Waals surface area contributed by atoms with Gasteiger partial charge in [0.1, 0.15) is 0 Å². The molecule has 106 valence electrons. The van der Waals surface area contributed by atoms with Crippen LogP contribution in [0.4, 0.5) is 11.4 Å². The van der Waals surface area contributed by atoms with Gasteiger partial charge in [0.15, 0.2) is 5.96 Å². The number of para-hydroxylation sites is 1. The standard InChI is InChI=1S/C18H19N3/c1-2-13-7-3-4-11-16(13)20-18(19)21-17-12-6-9-14-8-5-10-15(14)17/h3-7,9-12H,2,8H2,1H3,(H3,19,20,21). The van der Waals surface area contributed by atoms with Gasteiger partial charge in [0.25, 0.3) is 0 Å². The molecule has 0 bridgehead atoms. The van der Waals surface area contributed by atoms with Crippen molar-refractivity contribution in [1.82, 2.24) is 0 Å². The zero-order valence-corrected chi connectivity index (χ0v) is 12.1. The maximum Gasteiger partial charge on any atom is 0.197 e. The minimum absolute atomic E-state index is 0.296. The Balaban J connectivity index is 1.76. The first-order valence-electron chi connectivity index (χ1n) is 7.27. The molecule has 3 N–H and O–H groups in total. The highest BCUT2D eigenvalue weighted by Crippen LogP contribution is 2.27. The Bertz CT molecular complexity index is 701. The maximum atomic E-state index is 8.15. The van der Waals surface area contributed by atoms with Gasteiger partial charge in [0.2, 0.25) is 0 Å².